The van der Waals surface area contributed by atoms with Gasteiger partial charge in [0.25, 0.3) is 0 Å². The molecule has 0 aliphatic carbocycles. The van der Waals surface area contributed by atoms with E-state index in [0.29, 0.717) is 36.5 Å². The molecular formula is C28H27FN2O4. The molecule has 2 aliphatic rings. The highest BCUT2D eigenvalue weighted by atomic mass is 19.1. The first-order chi connectivity index (χ1) is 16.9. The molecule has 2 aliphatic heterocycles. The van der Waals surface area contributed by atoms with Crippen LogP contribution < -0.4 is 4.74 Å². The Bertz CT molecular complexity index is 1260. The highest BCUT2D eigenvalue weighted by Gasteiger charge is 2.33. The smallest absolute Gasteiger partial charge is 0.336 e. The fourth-order valence-corrected chi connectivity index (χ4v) is 4.95. The van der Waals surface area contributed by atoms with Crippen molar-refractivity contribution in [3.8, 4) is 11.6 Å². The van der Waals surface area contributed by atoms with Gasteiger partial charge >= 0.3 is 5.97 Å². The lowest BCUT2D eigenvalue weighted by molar-refractivity contribution is -0.0254. The maximum Gasteiger partial charge on any atom is 0.336 e. The molecule has 6 nitrogen and oxygen atoms in total. The van der Waals surface area contributed by atoms with Gasteiger partial charge in [-0.05, 0) is 66.8 Å². The van der Waals surface area contributed by atoms with Crippen LogP contribution >= 0.6 is 0 Å². The maximum absolute atomic E-state index is 13.3. The number of likely N-dealkylation sites (tertiary alicyclic amines) is 1. The van der Waals surface area contributed by atoms with Crippen molar-refractivity contribution in [2.75, 3.05) is 19.6 Å². The van der Waals surface area contributed by atoms with E-state index < -0.39 is 11.6 Å². The van der Waals surface area contributed by atoms with E-state index in [1.165, 1.54) is 12.1 Å². The van der Waals surface area contributed by atoms with Crippen molar-refractivity contribution in [2.24, 2.45) is 0 Å². The Morgan fingerprint density at radius 2 is 1.89 bits per heavy atom. The highest BCUT2D eigenvalue weighted by molar-refractivity contribution is 5.91. The molecule has 0 saturated carbocycles. The van der Waals surface area contributed by atoms with Crippen LogP contribution in [0.5, 0.6) is 11.6 Å². The zero-order valence-corrected chi connectivity index (χ0v) is 19.3. The summed E-state index contributed by atoms with van der Waals surface area (Å²) in [5.74, 6) is -0.293. The number of halogens is 1. The molecule has 3 aromatic rings. The Labute approximate surface area is 203 Å². The monoisotopic (exact) mass is 474 g/mol. The van der Waals surface area contributed by atoms with Crippen LogP contribution in [-0.4, -0.2) is 45.7 Å². The van der Waals surface area contributed by atoms with E-state index in [1.807, 2.05) is 12.1 Å². The van der Waals surface area contributed by atoms with E-state index in [9.17, 15) is 19.4 Å². The second kappa shape index (κ2) is 9.60. The van der Waals surface area contributed by atoms with Crippen molar-refractivity contribution in [3.05, 3.63) is 94.9 Å². The highest BCUT2D eigenvalue weighted by Crippen LogP contribution is 2.39. The topological polar surface area (TPSA) is 82.9 Å². The molecule has 1 aromatic heterocycles. The Morgan fingerprint density at radius 3 is 2.63 bits per heavy atom. The quantitative estimate of drug-likeness (QED) is 0.540. The van der Waals surface area contributed by atoms with Gasteiger partial charge < -0.3 is 19.8 Å². The Hall–Kier alpha value is -3.55. The standard InChI is InChI=1S/C28H27FN2O4/c29-21-10-8-20(9-11-21)28(34)12-16-31(17-13-28)15-3-4-19-18-24-23(27(32)33)5-1-7-25(24)35-26-22(19)6-2-14-30-26/h1-2,4-11,14,34H,3,12-13,15-18H2,(H,32,33)/b19-4-. The molecule has 0 spiro atoms. The van der Waals surface area contributed by atoms with E-state index >= 15 is 0 Å². The number of fused-ring (bicyclic) bond motifs is 2. The molecule has 1 saturated heterocycles. The van der Waals surface area contributed by atoms with Gasteiger partial charge in [-0.15, -0.1) is 0 Å². The number of benzene rings is 2. The van der Waals surface area contributed by atoms with Crippen LogP contribution in [0.1, 0.15) is 46.3 Å². The summed E-state index contributed by atoms with van der Waals surface area (Å²) in [6.45, 7) is 2.29. The third-order valence-electron chi connectivity index (χ3n) is 6.96. The van der Waals surface area contributed by atoms with Crippen molar-refractivity contribution < 1.29 is 24.1 Å². The molecule has 3 heterocycles. The van der Waals surface area contributed by atoms with Gasteiger partial charge in [0, 0.05) is 43.4 Å². The van der Waals surface area contributed by atoms with Gasteiger partial charge in [-0.3, -0.25) is 0 Å². The number of piperidine rings is 1. The van der Waals surface area contributed by atoms with Crippen LogP contribution in [0.4, 0.5) is 4.39 Å². The third kappa shape index (κ3) is 4.83. The van der Waals surface area contributed by atoms with Crippen molar-refractivity contribution >= 4 is 11.5 Å². The molecule has 2 aromatic carbocycles. The van der Waals surface area contributed by atoms with Gasteiger partial charge in [0.15, 0.2) is 0 Å². The number of rotatable bonds is 5. The van der Waals surface area contributed by atoms with Crippen LogP contribution in [0.25, 0.3) is 5.57 Å². The summed E-state index contributed by atoms with van der Waals surface area (Å²) >= 11 is 0. The minimum Gasteiger partial charge on any atom is -0.478 e. The van der Waals surface area contributed by atoms with E-state index in [4.69, 9.17) is 4.74 Å². The number of aromatic nitrogens is 1. The Kier molecular flexibility index (Phi) is 6.36. The number of ether oxygens (including phenoxy) is 1. The minimum atomic E-state index is -0.981. The number of aliphatic hydroxyl groups is 1. The van der Waals surface area contributed by atoms with Crippen LogP contribution in [0.15, 0.2) is 66.9 Å². The SMILES string of the molecule is O=C(O)c1cccc2c1C/C(=C/CCN1CCC(O)(c3ccc(F)cc3)CC1)c1cccnc1O2. The number of hydrogen-bond acceptors (Lipinski definition) is 5. The number of nitrogens with zero attached hydrogens (tertiary/aromatic N) is 2. The first kappa shape index (κ1) is 23.2. The third-order valence-corrected chi connectivity index (χ3v) is 6.96. The van der Waals surface area contributed by atoms with Gasteiger partial charge in [0.2, 0.25) is 5.88 Å². The lowest BCUT2D eigenvalue weighted by Crippen LogP contribution is -2.42. The summed E-state index contributed by atoms with van der Waals surface area (Å²) < 4.78 is 19.3. The fraction of sp³-hybridized carbons (Fsp3) is 0.286. The molecule has 180 valence electrons. The lowest BCUT2D eigenvalue weighted by atomic mass is 9.84. The van der Waals surface area contributed by atoms with E-state index in [1.54, 1.807) is 36.5 Å². The first-order valence-electron chi connectivity index (χ1n) is 11.8. The number of carboxylic acids is 1. The fourth-order valence-electron chi connectivity index (χ4n) is 4.95. The second-order valence-electron chi connectivity index (χ2n) is 9.12. The van der Waals surface area contributed by atoms with E-state index in [0.717, 1.165) is 42.8 Å². The summed E-state index contributed by atoms with van der Waals surface area (Å²) in [6, 6.07) is 15.0. The first-order valence-corrected chi connectivity index (χ1v) is 11.8. The number of hydrogen-bond donors (Lipinski definition) is 2. The molecular weight excluding hydrogens is 447 g/mol. The molecule has 0 bridgehead atoms. The molecule has 0 unspecified atom stereocenters. The molecule has 2 N–H and O–H groups in total. The summed E-state index contributed by atoms with van der Waals surface area (Å²) in [5, 5.41) is 20.7. The number of aromatic carboxylic acids is 1. The number of pyridine rings is 1. The average molecular weight is 475 g/mol. The molecule has 35 heavy (non-hydrogen) atoms. The lowest BCUT2D eigenvalue weighted by Gasteiger charge is -2.38. The van der Waals surface area contributed by atoms with Gasteiger partial charge in [-0.2, -0.15) is 0 Å². The summed E-state index contributed by atoms with van der Waals surface area (Å²) in [5.41, 5.74) is 2.56. The Morgan fingerprint density at radius 1 is 1.11 bits per heavy atom. The van der Waals surface area contributed by atoms with E-state index in [2.05, 4.69) is 16.0 Å². The van der Waals surface area contributed by atoms with Crippen molar-refractivity contribution in [1.82, 2.24) is 9.88 Å². The van der Waals surface area contributed by atoms with Crippen molar-refractivity contribution in [2.45, 2.75) is 31.3 Å². The molecule has 0 radical (unpaired) electrons. The molecule has 1 fully saturated rings. The molecule has 5 rings (SSSR count). The molecule has 7 heteroatoms. The van der Waals surface area contributed by atoms with Gasteiger partial charge in [-0.25, -0.2) is 14.2 Å². The van der Waals surface area contributed by atoms with Gasteiger partial charge in [0.1, 0.15) is 11.6 Å². The zero-order valence-electron chi connectivity index (χ0n) is 19.3. The molecule has 0 amide bonds. The largest absolute Gasteiger partial charge is 0.478 e. The van der Waals surface area contributed by atoms with Crippen LogP contribution in [0, 0.1) is 5.82 Å². The summed E-state index contributed by atoms with van der Waals surface area (Å²) in [4.78, 5) is 18.5. The summed E-state index contributed by atoms with van der Waals surface area (Å²) in [7, 11) is 0. The zero-order chi connectivity index (χ0) is 24.4. The predicted molar refractivity (Wildman–Crippen MR) is 130 cm³/mol. The van der Waals surface area contributed by atoms with Crippen LogP contribution in [0.2, 0.25) is 0 Å². The van der Waals surface area contributed by atoms with Crippen molar-refractivity contribution in [1.29, 1.82) is 0 Å². The minimum absolute atomic E-state index is 0.234. The maximum atomic E-state index is 13.3. The van der Waals surface area contributed by atoms with Crippen LogP contribution in [0.3, 0.4) is 0 Å². The average Bonchev–Trinajstić information content (AvgIpc) is 3.02. The summed E-state index contributed by atoms with van der Waals surface area (Å²) in [6.07, 6.45) is 6.19. The number of allylic oxidation sites excluding steroid dienone is 1. The Balaban J connectivity index is 1.30. The van der Waals surface area contributed by atoms with Gasteiger partial charge in [-0.1, -0.05) is 24.3 Å². The number of carbonyl (C=O) groups is 1. The number of carboxylic acid groups (broad SMARTS) is 1. The molecule has 0 atom stereocenters. The van der Waals surface area contributed by atoms with Crippen LogP contribution in [-0.2, 0) is 12.0 Å². The van der Waals surface area contributed by atoms with Crippen molar-refractivity contribution in [3.63, 3.8) is 0 Å². The normalized spacial score (nSPS) is 18.3. The predicted octanol–water partition coefficient (Wildman–Crippen LogP) is 5.02. The second-order valence-corrected chi connectivity index (χ2v) is 9.12. The van der Waals surface area contributed by atoms with Gasteiger partial charge in [0.05, 0.1) is 11.2 Å². The van der Waals surface area contributed by atoms with E-state index in [-0.39, 0.29) is 11.4 Å².